The van der Waals surface area contributed by atoms with Crippen molar-refractivity contribution in [2.24, 2.45) is 0 Å². The van der Waals surface area contributed by atoms with Gasteiger partial charge in [-0.3, -0.25) is 0 Å². The minimum atomic E-state index is -4.58. The molecule has 0 bridgehead atoms. The van der Waals surface area contributed by atoms with Gasteiger partial charge in [-0.2, -0.15) is 13.2 Å². The average molecular weight is 503 g/mol. The van der Waals surface area contributed by atoms with E-state index in [9.17, 15) is 13.2 Å². The lowest BCUT2D eigenvalue weighted by Gasteiger charge is -2.15. The van der Waals surface area contributed by atoms with Crippen LogP contribution in [0.3, 0.4) is 0 Å². The fourth-order valence-electron chi connectivity index (χ4n) is 1.77. The van der Waals surface area contributed by atoms with Gasteiger partial charge in [0.1, 0.15) is 21.9 Å². The van der Waals surface area contributed by atoms with Gasteiger partial charge in [-0.25, -0.2) is 0 Å². The smallest absolute Gasteiger partial charge is 0.426 e. The number of halogens is 8. The van der Waals surface area contributed by atoms with Gasteiger partial charge < -0.3 is 14.2 Å². The second-order valence-electron chi connectivity index (χ2n) is 5.35. The normalized spacial score (nSPS) is 13.2. The van der Waals surface area contributed by atoms with Crippen molar-refractivity contribution in [3.63, 3.8) is 0 Å². The summed E-state index contributed by atoms with van der Waals surface area (Å²) in [6.07, 6.45) is -2.35. The molecular weight excluding hydrogens is 486 g/mol. The third kappa shape index (κ3) is 9.81. The molecule has 1 aromatic rings. The standard InChI is InChI=1S/C17H16Cl5F3O3/c1-10(26-6-3-14(20)17(23,24)25)2-5-28-16-12(18)8-11(9-13(16)19)27-7-4-15(21)22/h3-4,8-10H,2,5-7H2,1H3/b14-3-. The van der Waals surface area contributed by atoms with Gasteiger partial charge in [0.2, 0.25) is 0 Å². The van der Waals surface area contributed by atoms with Crippen molar-refractivity contribution in [1.29, 1.82) is 0 Å². The maximum atomic E-state index is 12.2. The second kappa shape index (κ2) is 12.3. The van der Waals surface area contributed by atoms with E-state index < -0.39 is 11.2 Å². The fraction of sp³-hybridized carbons (Fsp3) is 0.412. The summed E-state index contributed by atoms with van der Waals surface area (Å²) >= 11 is 28.3. The number of hydrogen-bond donors (Lipinski definition) is 0. The number of hydrogen-bond acceptors (Lipinski definition) is 3. The van der Waals surface area contributed by atoms with Crippen LogP contribution in [-0.2, 0) is 4.74 Å². The summed E-state index contributed by atoms with van der Waals surface area (Å²) in [5.41, 5.74) is 0. The van der Waals surface area contributed by atoms with E-state index in [0.29, 0.717) is 12.2 Å². The first-order valence-corrected chi connectivity index (χ1v) is 9.70. The summed E-state index contributed by atoms with van der Waals surface area (Å²) in [6, 6.07) is 3.03. The predicted molar refractivity (Wildman–Crippen MR) is 107 cm³/mol. The summed E-state index contributed by atoms with van der Waals surface area (Å²) in [6.45, 7) is 1.74. The Labute approximate surface area is 185 Å². The number of allylic oxidation sites excluding steroid dienone is 1. The predicted octanol–water partition coefficient (Wildman–Crippen LogP) is 7.55. The molecule has 0 aliphatic heterocycles. The Morgan fingerprint density at radius 2 is 1.64 bits per heavy atom. The SMILES string of the molecule is CC(CCOc1c(Cl)cc(OCC=C(Cl)Cl)cc1Cl)OC/C=C(\Cl)C(F)(F)F. The van der Waals surface area contributed by atoms with Crippen LogP contribution in [0.25, 0.3) is 0 Å². The average Bonchev–Trinajstić information content (AvgIpc) is 2.56. The van der Waals surface area contributed by atoms with Crippen LogP contribution in [-0.4, -0.2) is 32.1 Å². The highest BCUT2D eigenvalue weighted by molar-refractivity contribution is 6.55. The molecule has 1 aromatic carbocycles. The highest BCUT2D eigenvalue weighted by Gasteiger charge is 2.31. The number of rotatable bonds is 10. The fourth-order valence-corrected chi connectivity index (χ4v) is 2.54. The van der Waals surface area contributed by atoms with E-state index in [-0.39, 0.29) is 46.2 Å². The van der Waals surface area contributed by atoms with Crippen LogP contribution in [0.4, 0.5) is 13.2 Å². The van der Waals surface area contributed by atoms with Crippen molar-refractivity contribution in [2.45, 2.75) is 25.6 Å². The molecule has 0 saturated carbocycles. The maximum absolute atomic E-state index is 12.2. The molecule has 1 rings (SSSR count). The quantitative estimate of drug-likeness (QED) is 0.331. The van der Waals surface area contributed by atoms with Gasteiger partial charge in [0, 0.05) is 18.6 Å². The van der Waals surface area contributed by atoms with Gasteiger partial charge >= 0.3 is 6.18 Å². The zero-order chi connectivity index (χ0) is 21.3. The highest BCUT2D eigenvalue weighted by Crippen LogP contribution is 2.37. The number of alkyl halides is 3. The number of benzene rings is 1. The minimum absolute atomic E-state index is 0.0738. The zero-order valence-electron chi connectivity index (χ0n) is 14.5. The Morgan fingerprint density at radius 3 is 2.18 bits per heavy atom. The van der Waals surface area contributed by atoms with Gasteiger partial charge in [-0.05, 0) is 19.1 Å². The Kier molecular flexibility index (Phi) is 11.2. The van der Waals surface area contributed by atoms with E-state index in [2.05, 4.69) is 0 Å². The minimum Gasteiger partial charge on any atom is -0.490 e. The Balaban J connectivity index is 2.49. The second-order valence-corrected chi connectivity index (χ2v) is 7.58. The van der Waals surface area contributed by atoms with Crippen molar-refractivity contribution in [2.75, 3.05) is 19.8 Å². The monoisotopic (exact) mass is 500 g/mol. The number of ether oxygens (including phenoxy) is 3. The van der Waals surface area contributed by atoms with Gasteiger partial charge in [0.25, 0.3) is 0 Å². The molecule has 0 aromatic heterocycles. The molecule has 0 spiro atoms. The van der Waals surface area contributed by atoms with Crippen LogP contribution in [0, 0.1) is 0 Å². The molecule has 0 radical (unpaired) electrons. The summed E-state index contributed by atoms with van der Waals surface area (Å²) in [4.78, 5) is 0. The Bertz CT molecular complexity index is 681. The molecule has 1 unspecified atom stereocenters. The first-order chi connectivity index (χ1) is 13.0. The van der Waals surface area contributed by atoms with E-state index in [1.165, 1.54) is 18.2 Å². The Hall–Kier alpha value is -0.500. The molecule has 11 heteroatoms. The van der Waals surface area contributed by atoms with E-state index in [4.69, 9.17) is 72.2 Å². The lowest BCUT2D eigenvalue weighted by Crippen LogP contribution is -2.14. The summed E-state index contributed by atoms with van der Waals surface area (Å²) < 4.78 is 53.0. The lowest BCUT2D eigenvalue weighted by atomic mass is 10.3. The van der Waals surface area contributed by atoms with Crippen LogP contribution in [0.15, 0.2) is 33.8 Å². The summed E-state index contributed by atoms with van der Waals surface area (Å²) in [5, 5.41) is -0.755. The van der Waals surface area contributed by atoms with Crippen LogP contribution in [0.5, 0.6) is 11.5 Å². The molecule has 0 fully saturated rings. The molecule has 0 aliphatic carbocycles. The van der Waals surface area contributed by atoms with E-state index >= 15 is 0 Å². The first kappa shape index (κ1) is 25.5. The van der Waals surface area contributed by atoms with Crippen LogP contribution in [0.2, 0.25) is 10.0 Å². The molecule has 0 amide bonds. The third-order valence-electron chi connectivity index (χ3n) is 3.14. The molecule has 0 aliphatic rings. The van der Waals surface area contributed by atoms with Crippen molar-refractivity contribution in [1.82, 2.24) is 0 Å². The summed E-state index contributed by atoms with van der Waals surface area (Å²) in [7, 11) is 0. The molecule has 0 N–H and O–H groups in total. The van der Waals surface area contributed by atoms with Crippen molar-refractivity contribution in [3.8, 4) is 11.5 Å². The van der Waals surface area contributed by atoms with Crippen molar-refractivity contribution >= 4 is 58.0 Å². The van der Waals surface area contributed by atoms with Crippen molar-refractivity contribution in [3.05, 3.63) is 43.9 Å². The van der Waals surface area contributed by atoms with Gasteiger partial charge in [0.15, 0.2) is 5.75 Å². The molecular formula is C17H16Cl5F3O3. The highest BCUT2D eigenvalue weighted by atomic mass is 35.5. The molecule has 1 atom stereocenters. The van der Waals surface area contributed by atoms with Gasteiger partial charge in [0.05, 0.1) is 29.4 Å². The summed E-state index contributed by atoms with van der Waals surface area (Å²) in [5.74, 6) is 0.659. The van der Waals surface area contributed by atoms with E-state index in [0.717, 1.165) is 6.08 Å². The topological polar surface area (TPSA) is 27.7 Å². The third-order valence-corrected chi connectivity index (χ3v) is 4.38. The van der Waals surface area contributed by atoms with Gasteiger partial charge in [-0.1, -0.05) is 58.0 Å². The van der Waals surface area contributed by atoms with Crippen LogP contribution in [0.1, 0.15) is 13.3 Å². The van der Waals surface area contributed by atoms with Crippen LogP contribution < -0.4 is 9.47 Å². The van der Waals surface area contributed by atoms with Crippen LogP contribution >= 0.6 is 58.0 Å². The molecule has 3 nitrogen and oxygen atoms in total. The zero-order valence-corrected chi connectivity index (χ0v) is 18.2. The van der Waals surface area contributed by atoms with E-state index in [1.807, 2.05) is 0 Å². The molecule has 0 heterocycles. The van der Waals surface area contributed by atoms with E-state index in [1.54, 1.807) is 6.92 Å². The molecule has 28 heavy (non-hydrogen) atoms. The lowest BCUT2D eigenvalue weighted by molar-refractivity contribution is -0.0852. The molecule has 158 valence electrons. The molecule has 0 saturated heterocycles. The maximum Gasteiger partial charge on any atom is 0.426 e. The largest absolute Gasteiger partial charge is 0.490 e. The van der Waals surface area contributed by atoms with Crippen molar-refractivity contribution < 1.29 is 27.4 Å². The van der Waals surface area contributed by atoms with Gasteiger partial charge in [-0.15, -0.1) is 0 Å². The Morgan fingerprint density at radius 1 is 1.04 bits per heavy atom. The first-order valence-electron chi connectivity index (χ1n) is 7.81.